The molecule has 21 heavy (non-hydrogen) atoms. The Morgan fingerprint density at radius 1 is 1.14 bits per heavy atom. The zero-order chi connectivity index (χ0) is 15.2. The Morgan fingerprint density at radius 3 is 2.52 bits per heavy atom. The van der Waals surface area contributed by atoms with Crippen molar-refractivity contribution in [1.82, 2.24) is 4.98 Å². The minimum absolute atomic E-state index is 0.0190. The van der Waals surface area contributed by atoms with E-state index in [0.717, 1.165) is 24.2 Å². The van der Waals surface area contributed by atoms with E-state index in [9.17, 15) is 0 Å². The number of hydrogen-bond donors (Lipinski definition) is 1. The van der Waals surface area contributed by atoms with E-state index in [2.05, 4.69) is 36.2 Å². The molecular weight excluding hydrogens is 260 g/mol. The molecule has 0 saturated heterocycles. The Balaban J connectivity index is 1.96. The number of nitrogens with two attached hydrogens (primary N) is 1. The molecule has 1 atom stereocenters. The largest absolute Gasteiger partial charge is 0.489 e. The number of ether oxygens (including phenoxy) is 1. The average molecular weight is 284 g/mol. The van der Waals surface area contributed by atoms with E-state index in [1.807, 2.05) is 26.1 Å². The predicted molar refractivity (Wildman–Crippen MR) is 86.4 cm³/mol. The lowest BCUT2D eigenvalue weighted by Crippen LogP contribution is -2.13. The summed E-state index contributed by atoms with van der Waals surface area (Å²) in [4.78, 5) is 4.22. The topological polar surface area (TPSA) is 48.1 Å². The van der Waals surface area contributed by atoms with Crippen LogP contribution in [0.2, 0.25) is 0 Å². The van der Waals surface area contributed by atoms with E-state index in [1.165, 1.54) is 11.1 Å². The van der Waals surface area contributed by atoms with Gasteiger partial charge in [0, 0.05) is 12.2 Å². The molecule has 0 aliphatic heterocycles. The molecule has 0 fully saturated rings. The quantitative estimate of drug-likeness (QED) is 0.877. The van der Waals surface area contributed by atoms with Crippen LogP contribution < -0.4 is 10.5 Å². The Kier molecular flexibility index (Phi) is 5.34. The number of aromatic nitrogens is 1. The lowest BCUT2D eigenvalue weighted by atomic mass is 10.0. The summed E-state index contributed by atoms with van der Waals surface area (Å²) in [5.41, 5.74) is 9.91. The average Bonchev–Trinajstić information content (AvgIpc) is 2.46. The summed E-state index contributed by atoms with van der Waals surface area (Å²) in [7, 11) is 0. The Bertz CT molecular complexity index is 564. The van der Waals surface area contributed by atoms with Crippen molar-refractivity contribution in [3.63, 3.8) is 0 Å². The summed E-state index contributed by atoms with van der Waals surface area (Å²) >= 11 is 0. The summed E-state index contributed by atoms with van der Waals surface area (Å²) in [6, 6.07) is 10.6. The highest BCUT2D eigenvalue weighted by Crippen LogP contribution is 2.21. The van der Waals surface area contributed by atoms with Crippen molar-refractivity contribution in [3.05, 3.63) is 59.4 Å². The minimum Gasteiger partial charge on any atom is -0.489 e. The number of pyridine rings is 1. The van der Waals surface area contributed by atoms with Gasteiger partial charge in [0.05, 0.1) is 12.3 Å². The van der Waals surface area contributed by atoms with Crippen LogP contribution in [0.4, 0.5) is 0 Å². The Labute approximate surface area is 127 Å². The molecule has 0 saturated carbocycles. The molecule has 0 aliphatic rings. The van der Waals surface area contributed by atoms with Gasteiger partial charge in [0.1, 0.15) is 5.75 Å². The van der Waals surface area contributed by atoms with Crippen molar-refractivity contribution in [3.8, 4) is 5.75 Å². The first kappa shape index (κ1) is 15.5. The van der Waals surface area contributed by atoms with Crippen LogP contribution >= 0.6 is 0 Å². The number of aryl methyl sites for hydroxylation is 2. The van der Waals surface area contributed by atoms with Crippen LogP contribution in [0, 0.1) is 6.92 Å². The van der Waals surface area contributed by atoms with Gasteiger partial charge in [-0.2, -0.15) is 0 Å². The van der Waals surface area contributed by atoms with Gasteiger partial charge in [-0.05, 0) is 50.8 Å². The van der Waals surface area contributed by atoms with Crippen LogP contribution in [-0.2, 0) is 6.42 Å². The lowest BCUT2D eigenvalue weighted by Gasteiger charge is -2.14. The third-order valence-electron chi connectivity index (χ3n) is 3.40. The van der Waals surface area contributed by atoms with E-state index in [0.29, 0.717) is 0 Å². The zero-order valence-corrected chi connectivity index (χ0v) is 13.0. The highest BCUT2D eigenvalue weighted by atomic mass is 16.5. The smallest absolute Gasteiger partial charge is 0.138 e. The molecule has 0 amide bonds. The predicted octanol–water partition coefficient (Wildman–Crippen LogP) is 3.81. The van der Waals surface area contributed by atoms with Crippen LogP contribution in [-0.4, -0.2) is 11.1 Å². The maximum absolute atomic E-state index is 6.28. The second kappa shape index (κ2) is 7.23. The molecule has 3 nitrogen and oxygen atoms in total. The molecule has 0 aliphatic carbocycles. The first-order valence-corrected chi connectivity index (χ1v) is 7.47. The van der Waals surface area contributed by atoms with Crippen molar-refractivity contribution >= 4 is 0 Å². The fraction of sp³-hybridized carbons (Fsp3) is 0.389. The molecule has 2 N–H and O–H groups in total. The summed E-state index contributed by atoms with van der Waals surface area (Å²) in [6.07, 6.45) is 5.57. The first-order chi connectivity index (χ1) is 10.0. The molecule has 0 bridgehead atoms. The van der Waals surface area contributed by atoms with Gasteiger partial charge in [-0.25, -0.2) is 0 Å². The van der Waals surface area contributed by atoms with Crippen LogP contribution in [0.1, 0.15) is 43.0 Å². The standard InChI is InChI=1S/C18H24N2O/c1-13(2)21-17-10-16(11-20-12-17)18(19)9-8-15-6-4-14(3)5-7-15/h4-7,10-13,18H,8-9,19H2,1-3H3. The first-order valence-electron chi connectivity index (χ1n) is 7.47. The van der Waals surface area contributed by atoms with Gasteiger partial charge in [-0.15, -0.1) is 0 Å². The van der Waals surface area contributed by atoms with E-state index in [4.69, 9.17) is 10.5 Å². The van der Waals surface area contributed by atoms with Crippen molar-refractivity contribution < 1.29 is 4.74 Å². The molecule has 112 valence electrons. The fourth-order valence-corrected chi connectivity index (χ4v) is 2.22. The molecule has 1 heterocycles. The molecule has 2 rings (SSSR count). The van der Waals surface area contributed by atoms with Crippen LogP contribution in [0.5, 0.6) is 5.75 Å². The van der Waals surface area contributed by atoms with Gasteiger partial charge >= 0.3 is 0 Å². The molecule has 0 radical (unpaired) electrons. The summed E-state index contributed by atoms with van der Waals surface area (Å²) in [5.74, 6) is 0.785. The summed E-state index contributed by atoms with van der Waals surface area (Å²) in [6.45, 7) is 6.11. The van der Waals surface area contributed by atoms with Gasteiger partial charge in [-0.3, -0.25) is 4.98 Å². The summed E-state index contributed by atoms with van der Waals surface area (Å²) < 4.78 is 5.66. The number of hydrogen-bond acceptors (Lipinski definition) is 3. The highest BCUT2D eigenvalue weighted by molar-refractivity contribution is 5.27. The third-order valence-corrected chi connectivity index (χ3v) is 3.40. The SMILES string of the molecule is Cc1ccc(CCC(N)c2cncc(OC(C)C)c2)cc1. The normalized spacial score (nSPS) is 12.4. The van der Waals surface area contributed by atoms with Crippen LogP contribution in [0.25, 0.3) is 0 Å². The van der Waals surface area contributed by atoms with E-state index >= 15 is 0 Å². The molecule has 1 aromatic carbocycles. The van der Waals surface area contributed by atoms with E-state index in [-0.39, 0.29) is 12.1 Å². The van der Waals surface area contributed by atoms with Gasteiger partial charge in [0.25, 0.3) is 0 Å². The van der Waals surface area contributed by atoms with Gasteiger partial charge in [0.2, 0.25) is 0 Å². The Hall–Kier alpha value is -1.87. The lowest BCUT2D eigenvalue weighted by molar-refractivity contribution is 0.241. The molecule has 1 aromatic heterocycles. The molecular formula is C18H24N2O. The summed E-state index contributed by atoms with van der Waals surface area (Å²) in [5, 5.41) is 0. The minimum atomic E-state index is -0.0190. The van der Waals surface area contributed by atoms with Crippen LogP contribution in [0.15, 0.2) is 42.7 Å². The van der Waals surface area contributed by atoms with Crippen molar-refractivity contribution in [2.75, 3.05) is 0 Å². The second-order valence-electron chi connectivity index (χ2n) is 5.75. The molecule has 2 aromatic rings. The molecule has 3 heteroatoms. The van der Waals surface area contributed by atoms with Crippen molar-refractivity contribution in [1.29, 1.82) is 0 Å². The van der Waals surface area contributed by atoms with E-state index < -0.39 is 0 Å². The maximum Gasteiger partial charge on any atom is 0.138 e. The fourth-order valence-electron chi connectivity index (χ4n) is 2.22. The number of benzene rings is 1. The second-order valence-corrected chi connectivity index (χ2v) is 5.75. The van der Waals surface area contributed by atoms with Gasteiger partial charge in [-0.1, -0.05) is 29.8 Å². The Morgan fingerprint density at radius 2 is 1.86 bits per heavy atom. The number of rotatable bonds is 6. The number of nitrogens with zero attached hydrogens (tertiary/aromatic N) is 1. The van der Waals surface area contributed by atoms with E-state index in [1.54, 1.807) is 6.20 Å². The highest BCUT2D eigenvalue weighted by Gasteiger charge is 2.09. The molecule has 0 spiro atoms. The van der Waals surface area contributed by atoms with Crippen molar-refractivity contribution in [2.24, 2.45) is 5.73 Å². The maximum atomic E-state index is 6.28. The van der Waals surface area contributed by atoms with Gasteiger partial charge in [0.15, 0.2) is 0 Å². The zero-order valence-electron chi connectivity index (χ0n) is 13.0. The van der Waals surface area contributed by atoms with Gasteiger partial charge < -0.3 is 10.5 Å². The monoisotopic (exact) mass is 284 g/mol. The molecule has 1 unspecified atom stereocenters. The van der Waals surface area contributed by atoms with Crippen molar-refractivity contribution in [2.45, 2.75) is 45.8 Å². The van der Waals surface area contributed by atoms with Crippen LogP contribution in [0.3, 0.4) is 0 Å². The third kappa shape index (κ3) is 4.87.